The molecule has 1 aliphatic carbocycles. The zero-order valence-corrected chi connectivity index (χ0v) is 14.3. The van der Waals surface area contributed by atoms with Crippen molar-refractivity contribution in [2.24, 2.45) is 11.7 Å². The van der Waals surface area contributed by atoms with E-state index < -0.39 is 0 Å². The maximum atomic E-state index is 6.23. The van der Waals surface area contributed by atoms with Crippen molar-refractivity contribution in [3.8, 4) is 0 Å². The van der Waals surface area contributed by atoms with E-state index in [4.69, 9.17) is 5.73 Å². The van der Waals surface area contributed by atoms with Gasteiger partial charge in [-0.25, -0.2) is 0 Å². The topological polar surface area (TPSA) is 29.3 Å². The largest absolute Gasteiger partial charge is 0.329 e. The van der Waals surface area contributed by atoms with Crippen LogP contribution in [0.5, 0.6) is 0 Å². The van der Waals surface area contributed by atoms with Crippen LogP contribution in [-0.4, -0.2) is 24.0 Å². The van der Waals surface area contributed by atoms with Crippen LogP contribution in [0.3, 0.4) is 0 Å². The Bertz CT molecular complexity index is 418. The maximum Gasteiger partial charge on any atom is 0.0360 e. The lowest BCUT2D eigenvalue weighted by Gasteiger charge is -2.49. The van der Waals surface area contributed by atoms with Gasteiger partial charge in [0.15, 0.2) is 0 Å². The molecule has 0 aliphatic heterocycles. The summed E-state index contributed by atoms with van der Waals surface area (Å²) < 4.78 is 1.14. The Balaban J connectivity index is 2.15. The molecule has 2 nitrogen and oxygen atoms in total. The number of rotatable bonds is 5. The Kier molecular flexibility index (Phi) is 5.65. The number of benzene rings is 1. The molecule has 1 fully saturated rings. The summed E-state index contributed by atoms with van der Waals surface area (Å²) in [5, 5.41) is 0. The van der Waals surface area contributed by atoms with Gasteiger partial charge in [-0.05, 0) is 43.5 Å². The number of likely N-dealkylation sites (N-methyl/N-ethyl adjacent to an activating group) is 1. The minimum Gasteiger partial charge on any atom is -0.329 e. The molecule has 0 spiro atoms. The molecule has 1 aromatic carbocycles. The molecule has 2 unspecified atom stereocenters. The van der Waals surface area contributed by atoms with Crippen molar-refractivity contribution in [3.63, 3.8) is 0 Å². The van der Waals surface area contributed by atoms with Gasteiger partial charge in [0.2, 0.25) is 0 Å². The summed E-state index contributed by atoms with van der Waals surface area (Å²) in [4.78, 5) is 2.52. The van der Waals surface area contributed by atoms with Crippen LogP contribution in [0.2, 0.25) is 0 Å². The average Bonchev–Trinajstić information content (AvgIpc) is 2.49. The van der Waals surface area contributed by atoms with Crippen LogP contribution in [0.1, 0.15) is 44.6 Å². The normalized spacial score (nSPS) is 26.9. The first kappa shape index (κ1) is 16.0. The lowest BCUT2D eigenvalue weighted by Crippen LogP contribution is -2.58. The Morgan fingerprint density at radius 1 is 1.30 bits per heavy atom. The second-order valence-electron chi connectivity index (χ2n) is 6.14. The molecule has 2 N–H and O–H groups in total. The Labute approximate surface area is 131 Å². The van der Waals surface area contributed by atoms with E-state index in [-0.39, 0.29) is 5.54 Å². The quantitative estimate of drug-likeness (QED) is 0.872. The predicted molar refractivity (Wildman–Crippen MR) is 89.6 cm³/mol. The summed E-state index contributed by atoms with van der Waals surface area (Å²) >= 11 is 3.50. The first-order chi connectivity index (χ1) is 9.62. The van der Waals surface area contributed by atoms with Gasteiger partial charge < -0.3 is 5.73 Å². The van der Waals surface area contributed by atoms with Gasteiger partial charge in [0.05, 0.1) is 0 Å². The molecular formula is C17H27BrN2. The zero-order valence-electron chi connectivity index (χ0n) is 12.7. The highest BCUT2D eigenvalue weighted by molar-refractivity contribution is 9.10. The third-order valence-electron chi connectivity index (χ3n) is 5.11. The first-order valence-corrected chi connectivity index (χ1v) is 8.57. The average molecular weight is 339 g/mol. The molecule has 1 aromatic rings. The summed E-state index contributed by atoms with van der Waals surface area (Å²) in [6.07, 6.45) is 6.50. The number of hydrogen-bond acceptors (Lipinski definition) is 2. The fraction of sp³-hybridized carbons (Fsp3) is 0.647. The van der Waals surface area contributed by atoms with Crippen LogP contribution in [0, 0.1) is 5.92 Å². The lowest BCUT2D eigenvalue weighted by atomic mass is 9.70. The van der Waals surface area contributed by atoms with E-state index in [2.05, 4.69) is 59.1 Å². The highest BCUT2D eigenvalue weighted by Gasteiger charge is 2.41. The van der Waals surface area contributed by atoms with Gasteiger partial charge >= 0.3 is 0 Å². The molecule has 2 atom stereocenters. The van der Waals surface area contributed by atoms with Crippen molar-refractivity contribution in [2.45, 2.75) is 51.1 Å². The Hall–Kier alpha value is -0.380. The molecule has 3 heteroatoms. The summed E-state index contributed by atoms with van der Waals surface area (Å²) in [5.74, 6) is 0.738. The first-order valence-electron chi connectivity index (χ1n) is 7.78. The van der Waals surface area contributed by atoms with Crippen molar-refractivity contribution in [2.75, 3.05) is 13.6 Å². The highest BCUT2D eigenvalue weighted by atomic mass is 79.9. The molecule has 0 amide bonds. The molecule has 0 heterocycles. The van der Waals surface area contributed by atoms with Crippen LogP contribution in [-0.2, 0) is 6.54 Å². The van der Waals surface area contributed by atoms with Crippen molar-refractivity contribution in [1.29, 1.82) is 0 Å². The molecule has 20 heavy (non-hydrogen) atoms. The molecule has 1 aliphatic rings. The van der Waals surface area contributed by atoms with Gasteiger partial charge in [0, 0.05) is 23.1 Å². The summed E-state index contributed by atoms with van der Waals surface area (Å²) in [6.45, 7) is 4.08. The summed E-state index contributed by atoms with van der Waals surface area (Å²) in [5.41, 5.74) is 7.79. The number of nitrogens with zero attached hydrogens (tertiary/aromatic N) is 1. The Morgan fingerprint density at radius 3 is 2.60 bits per heavy atom. The highest BCUT2D eigenvalue weighted by Crippen LogP contribution is 2.39. The zero-order chi connectivity index (χ0) is 14.6. The number of halogens is 1. The van der Waals surface area contributed by atoms with E-state index in [9.17, 15) is 0 Å². The third kappa shape index (κ3) is 3.26. The molecule has 0 bridgehead atoms. The van der Waals surface area contributed by atoms with Crippen LogP contribution in [0.15, 0.2) is 28.7 Å². The second-order valence-corrected chi connectivity index (χ2v) is 7.06. The minimum atomic E-state index is 0.195. The fourth-order valence-electron chi connectivity index (χ4n) is 3.83. The predicted octanol–water partition coefficient (Wildman–Crippen LogP) is 4.18. The van der Waals surface area contributed by atoms with Crippen molar-refractivity contribution >= 4 is 15.9 Å². The van der Waals surface area contributed by atoms with Crippen molar-refractivity contribution < 1.29 is 0 Å². The standard InChI is InChI=1S/C17H27BrN2/c1-3-15-6-4-5-11-17(15,13-19)20(2)12-14-7-9-16(18)10-8-14/h7-10,15H,3-6,11-13,19H2,1-2H3. The number of hydrogen-bond donors (Lipinski definition) is 1. The molecule has 1 saturated carbocycles. The smallest absolute Gasteiger partial charge is 0.0360 e. The van der Waals surface area contributed by atoms with Crippen molar-refractivity contribution in [1.82, 2.24) is 4.90 Å². The Morgan fingerprint density at radius 2 is 2.00 bits per heavy atom. The van der Waals surface area contributed by atoms with E-state index in [1.807, 2.05) is 0 Å². The molecule has 2 rings (SSSR count). The van der Waals surface area contributed by atoms with Gasteiger partial charge in [-0.2, -0.15) is 0 Å². The molecule has 0 radical (unpaired) electrons. The molecule has 0 saturated heterocycles. The van der Waals surface area contributed by atoms with Crippen LogP contribution >= 0.6 is 15.9 Å². The van der Waals surface area contributed by atoms with E-state index in [1.54, 1.807) is 0 Å². The van der Waals surface area contributed by atoms with E-state index >= 15 is 0 Å². The maximum absolute atomic E-state index is 6.23. The SMILES string of the molecule is CCC1CCCCC1(CN)N(C)Cc1ccc(Br)cc1. The van der Waals surface area contributed by atoms with Crippen LogP contribution < -0.4 is 5.73 Å². The minimum absolute atomic E-state index is 0.195. The van der Waals surface area contributed by atoms with Crippen LogP contribution in [0.25, 0.3) is 0 Å². The van der Waals surface area contributed by atoms with Gasteiger partial charge in [-0.15, -0.1) is 0 Å². The molecule has 112 valence electrons. The molecular weight excluding hydrogens is 312 g/mol. The van der Waals surface area contributed by atoms with Gasteiger partial charge in [0.1, 0.15) is 0 Å². The summed E-state index contributed by atoms with van der Waals surface area (Å²) in [6, 6.07) is 8.65. The number of nitrogens with two attached hydrogens (primary N) is 1. The van der Waals surface area contributed by atoms with Crippen LogP contribution in [0.4, 0.5) is 0 Å². The molecule has 0 aromatic heterocycles. The second kappa shape index (κ2) is 7.06. The van der Waals surface area contributed by atoms with Crippen molar-refractivity contribution in [3.05, 3.63) is 34.3 Å². The van der Waals surface area contributed by atoms with Gasteiger partial charge in [-0.1, -0.05) is 54.2 Å². The van der Waals surface area contributed by atoms with Gasteiger partial charge in [0.25, 0.3) is 0 Å². The summed E-state index contributed by atoms with van der Waals surface area (Å²) in [7, 11) is 2.25. The van der Waals surface area contributed by atoms with E-state index in [0.29, 0.717) is 0 Å². The third-order valence-corrected chi connectivity index (χ3v) is 5.64. The lowest BCUT2D eigenvalue weighted by molar-refractivity contribution is 0.0177. The van der Waals surface area contributed by atoms with Gasteiger partial charge in [-0.3, -0.25) is 4.90 Å². The van der Waals surface area contributed by atoms with E-state index in [0.717, 1.165) is 23.5 Å². The fourth-order valence-corrected chi connectivity index (χ4v) is 4.09. The monoisotopic (exact) mass is 338 g/mol. The van der Waals surface area contributed by atoms with E-state index in [1.165, 1.54) is 37.7 Å².